The first-order chi connectivity index (χ1) is 14.3. The molecule has 1 atom stereocenters. The van der Waals surface area contributed by atoms with Gasteiger partial charge >= 0.3 is 5.51 Å². The van der Waals surface area contributed by atoms with Gasteiger partial charge in [-0.2, -0.15) is 17.6 Å². The van der Waals surface area contributed by atoms with E-state index in [-0.39, 0.29) is 4.90 Å². The molecule has 0 aliphatic carbocycles. The van der Waals surface area contributed by atoms with Gasteiger partial charge in [0.1, 0.15) is 10.9 Å². The van der Waals surface area contributed by atoms with E-state index in [1.165, 1.54) is 6.07 Å². The molecule has 0 N–H and O–H groups in total. The zero-order valence-electron chi connectivity index (χ0n) is 15.7. The van der Waals surface area contributed by atoms with Gasteiger partial charge < -0.3 is 4.55 Å². The van der Waals surface area contributed by atoms with E-state index >= 15 is 0 Å². The van der Waals surface area contributed by atoms with E-state index in [9.17, 15) is 26.3 Å². The maximum Gasteiger partial charge on any atom is 0.485 e. The van der Waals surface area contributed by atoms with Crippen LogP contribution in [-0.2, 0) is 21.0 Å². The van der Waals surface area contributed by atoms with Crippen molar-refractivity contribution in [1.82, 2.24) is 0 Å². The number of aryl methyl sites for hydroxylation is 1. The second-order valence-electron chi connectivity index (χ2n) is 6.01. The molecule has 0 aliphatic rings. The van der Waals surface area contributed by atoms with Crippen molar-refractivity contribution in [2.75, 3.05) is 0 Å². The number of hydrogen-bond donors (Lipinski definition) is 0. The summed E-state index contributed by atoms with van der Waals surface area (Å²) >= 11 is 0. The van der Waals surface area contributed by atoms with E-state index in [1.807, 2.05) is 61.5 Å². The molecule has 0 aromatic heterocycles. The summed E-state index contributed by atoms with van der Waals surface area (Å²) in [5.74, 6) is -3.73. The van der Waals surface area contributed by atoms with Crippen molar-refractivity contribution in [3.8, 4) is 0 Å². The molecule has 0 fully saturated rings. The highest BCUT2D eigenvalue weighted by atomic mass is 32.2. The monoisotopic (exact) mass is 480 g/mol. The van der Waals surface area contributed by atoms with Gasteiger partial charge in [-0.05, 0) is 37.3 Å². The Kier molecular flexibility index (Phi) is 7.79. The molecule has 31 heavy (non-hydrogen) atoms. The van der Waals surface area contributed by atoms with Crippen molar-refractivity contribution in [2.24, 2.45) is 0 Å². The van der Waals surface area contributed by atoms with E-state index in [0.717, 1.165) is 21.4 Å². The number of alkyl halides is 3. The van der Waals surface area contributed by atoms with Crippen molar-refractivity contribution >= 4 is 21.0 Å². The Balaban J connectivity index is 0.000000366. The molecule has 0 aliphatic heterocycles. The van der Waals surface area contributed by atoms with Crippen molar-refractivity contribution < 1.29 is 39.3 Å². The van der Waals surface area contributed by atoms with Crippen LogP contribution in [0.1, 0.15) is 5.56 Å². The SMILES string of the molecule is Cc1ccc([S+](c2ccccc2)c2ccc(F)c(F)c2F)cc1.O=S(=O)([O-])C(F)(F)F. The smallest absolute Gasteiger partial charge is 0.485 e. The van der Waals surface area contributed by atoms with Gasteiger partial charge in [-0.25, -0.2) is 17.2 Å². The van der Waals surface area contributed by atoms with Crippen LogP contribution in [-0.4, -0.2) is 18.5 Å². The van der Waals surface area contributed by atoms with Gasteiger partial charge in [0.2, 0.25) is 10.7 Å². The van der Waals surface area contributed by atoms with Crippen LogP contribution in [0.5, 0.6) is 0 Å². The Morgan fingerprint density at radius 2 is 1.26 bits per heavy atom. The number of benzene rings is 3. The summed E-state index contributed by atoms with van der Waals surface area (Å²) in [7, 11) is -6.92. The van der Waals surface area contributed by atoms with Gasteiger partial charge in [0.05, 0.1) is 0 Å². The Morgan fingerprint density at radius 3 is 1.74 bits per heavy atom. The first-order valence-corrected chi connectivity index (χ1v) is 11.0. The Morgan fingerprint density at radius 1 is 0.774 bits per heavy atom. The number of rotatable bonds is 3. The molecule has 0 bridgehead atoms. The summed E-state index contributed by atoms with van der Waals surface area (Å²) in [4.78, 5) is 1.85. The summed E-state index contributed by atoms with van der Waals surface area (Å²) in [6.07, 6.45) is 0. The maximum absolute atomic E-state index is 14.4. The number of halogens is 6. The lowest BCUT2D eigenvalue weighted by Gasteiger charge is -2.09. The van der Waals surface area contributed by atoms with Gasteiger partial charge in [0.15, 0.2) is 31.5 Å². The molecule has 3 nitrogen and oxygen atoms in total. The fraction of sp³-hybridized carbons (Fsp3) is 0.100. The first-order valence-electron chi connectivity index (χ1n) is 8.34. The van der Waals surface area contributed by atoms with E-state index in [1.54, 1.807) is 0 Å². The van der Waals surface area contributed by atoms with Crippen molar-refractivity contribution in [2.45, 2.75) is 27.1 Å². The predicted octanol–water partition coefficient (Wildman–Crippen LogP) is 5.56. The molecule has 0 radical (unpaired) electrons. The highest BCUT2D eigenvalue weighted by Crippen LogP contribution is 2.34. The molecule has 166 valence electrons. The lowest BCUT2D eigenvalue weighted by atomic mass is 10.2. The molecule has 0 heterocycles. The molecule has 0 saturated heterocycles. The van der Waals surface area contributed by atoms with Crippen LogP contribution < -0.4 is 0 Å². The van der Waals surface area contributed by atoms with Crippen LogP contribution in [0.4, 0.5) is 26.3 Å². The summed E-state index contributed by atoms with van der Waals surface area (Å²) in [6.45, 7) is 1.96. The minimum atomic E-state index is -6.09. The Bertz CT molecular complexity index is 1130. The summed E-state index contributed by atoms with van der Waals surface area (Å²) in [5.41, 5.74) is -4.57. The van der Waals surface area contributed by atoms with Crippen LogP contribution in [0, 0.1) is 24.4 Å². The minimum absolute atomic E-state index is 0.152. The first kappa shape index (κ1) is 24.8. The molecule has 11 heteroatoms. The van der Waals surface area contributed by atoms with Gasteiger partial charge in [0, 0.05) is 6.07 Å². The highest BCUT2D eigenvalue weighted by Gasteiger charge is 2.37. The zero-order valence-corrected chi connectivity index (χ0v) is 17.3. The van der Waals surface area contributed by atoms with Crippen LogP contribution in [0.3, 0.4) is 0 Å². The van der Waals surface area contributed by atoms with Crippen molar-refractivity contribution in [3.05, 3.63) is 89.7 Å². The van der Waals surface area contributed by atoms with Gasteiger partial charge in [-0.3, -0.25) is 0 Å². The molecule has 0 spiro atoms. The van der Waals surface area contributed by atoms with Crippen molar-refractivity contribution in [1.29, 1.82) is 0 Å². The van der Waals surface area contributed by atoms with Crippen LogP contribution in [0.2, 0.25) is 0 Å². The minimum Gasteiger partial charge on any atom is -0.741 e. The lowest BCUT2D eigenvalue weighted by molar-refractivity contribution is -0.0517. The number of hydrogen-bond acceptors (Lipinski definition) is 3. The third-order valence-corrected chi connectivity index (χ3v) is 6.55. The molecule has 1 unspecified atom stereocenters. The molecule has 3 aromatic rings. The molecule has 0 saturated carbocycles. The van der Waals surface area contributed by atoms with E-state index < -0.39 is 44.0 Å². The second-order valence-corrected chi connectivity index (χ2v) is 9.37. The van der Waals surface area contributed by atoms with Crippen LogP contribution >= 0.6 is 0 Å². The predicted molar refractivity (Wildman–Crippen MR) is 102 cm³/mol. The van der Waals surface area contributed by atoms with Crippen LogP contribution in [0.25, 0.3) is 0 Å². The van der Waals surface area contributed by atoms with Crippen LogP contribution in [0.15, 0.2) is 81.4 Å². The molecule has 0 amide bonds. The summed E-state index contributed by atoms with van der Waals surface area (Å²) in [6, 6.07) is 19.2. The van der Waals surface area contributed by atoms with E-state index in [0.29, 0.717) is 0 Å². The van der Waals surface area contributed by atoms with E-state index in [4.69, 9.17) is 13.0 Å². The fourth-order valence-electron chi connectivity index (χ4n) is 2.29. The second kappa shape index (κ2) is 9.75. The quantitative estimate of drug-likeness (QED) is 0.162. The van der Waals surface area contributed by atoms with Gasteiger partial charge in [-0.1, -0.05) is 35.9 Å². The topological polar surface area (TPSA) is 57.2 Å². The fourth-order valence-corrected chi connectivity index (χ4v) is 4.38. The van der Waals surface area contributed by atoms with Gasteiger partial charge in [-0.15, -0.1) is 0 Å². The standard InChI is InChI=1S/C19H14F3S.CHF3O3S/c1-13-7-9-15(10-8-13)23(14-5-3-2-4-6-14)17-12-11-16(20)18(21)19(17)22;2-1(3,4)8(5,6)7/h2-12H,1H3;(H,5,6,7)/q+1;/p-1. The molecular weight excluding hydrogens is 466 g/mol. The normalized spacial score (nSPS) is 12.6. The van der Waals surface area contributed by atoms with Crippen molar-refractivity contribution in [3.63, 3.8) is 0 Å². The summed E-state index contributed by atoms with van der Waals surface area (Å²) in [5, 5.41) is 0. The molecule has 3 aromatic carbocycles. The Labute approximate surface area is 177 Å². The van der Waals surface area contributed by atoms with E-state index in [2.05, 4.69) is 0 Å². The largest absolute Gasteiger partial charge is 0.741 e. The summed E-state index contributed by atoms with van der Waals surface area (Å²) < 4.78 is 100. The molecular formula is C20H14F6O3S2. The Hall–Kier alpha value is -2.50. The van der Waals surface area contributed by atoms with Gasteiger partial charge in [0.25, 0.3) is 0 Å². The lowest BCUT2D eigenvalue weighted by Crippen LogP contribution is -2.21. The average Bonchev–Trinajstić information content (AvgIpc) is 2.69. The average molecular weight is 480 g/mol. The molecule has 3 rings (SSSR count). The maximum atomic E-state index is 14.4. The third-order valence-electron chi connectivity index (χ3n) is 3.74. The third kappa shape index (κ3) is 6.25. The zero-order chi connectivity index (χ0) is 23.4. The highest BCUT2D eigenvalue weighted by molar-refractivity contribution is 7.97.